The summed E-state index contributed by atoms with van der Waals surface area (Å²) >= 11 is 6.38. The van der Waals surface area contributed by atoms with Crippen molar-refractivity contribution in [3.05, 3.63) is 76.6 Å². The summed E-state index contributed by atoms with van der Waals surface area (Å²) in [6, 6.07) is 15.1. The van der Waals surface area contributed by atoms with Crippen LogP contribution in [0.3, 0.4) is 0 Å². The second kappa shape index (κ2) is 9.15. The molecule has 0 saturated carbocycles. The van der Waals surface area contributed by atoms with Crippen molar-refractivity contribution in [2.75, 3.05) is 27.1 Å². The molecule has 4 rings (SSSR count). The molecule has 2 heterocycles. The van der Waals surface area contributed by atoms with Crippen LogP contribution in [-0.4, -0.2) is 40.1 Å². The molecule has 0 spiro atoms. The maximum atomic E-state index is 11.5. The van der Waals surface area contributed by atoms with Gasteiger partial charge < -0.3 is 18.8 Å². The van der Waals surface area contributed by atoms with Gasteiger partial charge in [-0.25, -0.2) is 0 Å². The molecule has 2 atom stereocenters. The molecule has 9 heteroatoms. The zero-order valence-corrected chi connectivity index (χ0v) is 19.5. The minimum absolute atomic E-state index is 0.00620. The number of aromatic nitrogens is 1. The number of rotatable bonds is 7. The molecule has 2 unspecified atom stereocenters. The Kier molecular flexibility index (Phi) is 6.48. The lowest BCUT2D eigenvalue weighted by Gasteiger charge is -2.25. The van der Waals surface area contributed by atoms with Gasteiger partial charge in [0.2, 0.25) is 0 Å². The van der Waals surface area contributed by atoms with E-state index in [2.05, 4.69) is 0 Å². The summed E-state index contributed by atoms with van der Waals surface area (Å²) in [6.45, 7) is -0.00620. The summed E-state index contributed by atoms with van der Waals surface area (Å²) in [4.78, 5) is 0. The topological polar surface area (TPSA) is 76.0 Å². The molecular weight excluding hydrogens is 454 g/mol. The Balaban J connectivity index is 1.85. The van der Waals surface area contributed by atoms with Gasteiger partial charge in [-0.15, -0.1) is 0 Å². The third-order valence-electron chi connectivity index (χ3n) is 5.34. The van der Waals surface area contributed by atoms with Crippen molar-refractivity contribution in [1.29, 1.82) is 0 Å². The summed E-state index contributed by atoms with van der Waals surface area (Å²) in [7, 11) is -0.397. The predicted octanol–water partition coefficient (Wildman–Crippen LogP) is 4.67. The Hall–Kier alpha value is -2.52. The lowest BCUT2D eigenvalue weighted by Crippen LogP contribution is -2.15. The van der Waals surface area contributed by atoms with Gasteiger partial charge in [0, 0.05) is 28.8 Å². The fourth-order valence-corrected chi connectivity index (χ4v) is 4.60. The number of nitrogens with zero attached hydrogens (tertiary/aromatic N) is 1. The van der Waals surface area contributed by atoms with Gasteiger partial charge >= 0.3 is 0 Å². The minimum Gasteiger partial charge on any atom is -0.493 e. The third kappa shape index (κ3) is 4.49. The van der Waals surface area contributed by atoms with E-state index in [1.807, 2.05) is 59.3 Å². The maximum absolute atomic E-state index is 11.5. The minimum atomic E-state index is -3.56. The molecule has 7 nitrogen and oxygen atoms in total. The van der Waals surface area contributed by atoms with E-state index >= 15 is 0 Å². The van der Waals surface area contributed by atoms with Gasteiger partial charge in [-0.3, -0.25) is 4.18 Å². The van der Waals surface area contributed by atoms with Crippen molar-refractivity contribution < 1.29 is 26.8 Å². The molecule has 1 aliphatic rings. The zero-order chi connectivity index (χ0) is 22.9. The highest BCUT2D eigenvalue weighted by molar-refractivity contribution is 7.85. The summed E-state index contributed by atoms with van der Waals surface area (Å²) in [5.41, 5.74) is 3.43. The normalized spacial score (nSPS) is 17.9. The molecule has 170 valence electrons. The van der Waals surface area contributed by atoms with Gasteiger partial charge in [0.1, 0.15) is 12.2 Å². The molecule has 0 aliphatic carbocycles. The van der Waals surface area contributed by atoms with Crippen LogP contribution in [0.15, 0.2) is 54.7 Å². The molecule has 0 amide bonds. The predicted molar refractivity (Wildman–Crippen MR) is 121 cm³/mol. The van der Waals surface area contributed by atoms with Crippen LogP contribution in [0.4, 0.5) is 0 Å². The lowest BCUT2D eigenvalue weighted by molar-refractivity contribution is -0.00503. The Labute approximate surface area is 192 Å². The van der Waals surface area contributed by atoms with Crippen molar-refractivity contribution in [3.8, 4) is 17.2 Å². The van der Waals surface area contributed by atoms with Crippen LogP contribution in [0.5, 0.6) is 11.5 Å². The molecule has 3 aromatic rings. The smallest absolute Gasteiger partial charge is 0.264 e. The SMILES string of the molecule is COc1cccc(C2OC(CCOS(C)(=O)=O)c3cccn3-c3ccc(Cl)cc32)c1OC. The van der Waals surface area contributed by atoms with E-state index in [0.29, 0.717) is 22.9 Å². The van der Waals surface area contributed by atoms with Gasteiger partial charge in [0.25, 0.3) is 10.1 Å². The Bertz CT molecular complexity index is 1220. The molecule has 0 radical (unpaired) electrons. The first-order valence-corrected chi connectivity index (χ1v) is 12.2. The Morgan fingerprint density at radius 2 is 1.88 bits per heavy atom. The first kappa shape index (κ1) is 22.7. The number of para-hydroxylation sites is 1. The van der Waals surface area contributed by atoms with E-state index in [9.17, 15) is 8.42 Å². The van der Waals surface area contributed by atoms with Crippen LogP contribution in [0.25, 0.3) is 5.69 Å². The second-order valence-corrected chi connectivity index (χ2v) is 9.49. The number of methoxy groups -OCH3 is 2. The highest BCUT2D eigenvalue weighted by atomic mass is 35.5. The Morgan fingerprint density at radius 3 is 2.59 bits per heavy atom. The average molecular weight is 478 g/mol. The molecule has 0 saturated heterocycles. The van der Waals surface area contributed by atoms with E-state index in [-0.39, 0.29) is 6.61 Å². The summed E-state index contributed by atoms with van der Waals surface area (Å²) in [5, 5.41) is 0.576. The summed E-state index contributed by atoms with van der Waals surface area (Å²) < 4.78 is 47.8. The number of benzene rings is 2. The number of hydrogen-bond acceptors (Lipinski definition) is 6. The molecule has 2 aromatic carbocycles. The summed E-state index contributed by atoms with van der Waals surface area (Å²) in [5.74, 6) is 1.14. The van der Waals surface area contributed by atoms with Gasteiger partial charge in [0.05, 0.1) is 38.5 Å². The fourth-order valence-electron chi connectivity index (χ4n) is 4.02. The highest BCUT2D eigenvalue weighted by Gasteiger charge is 2.33. The molecular formula is C23H24ClNO6S. The largest absolute Gasteiger partial charge is 0.493 e. The summed E-state index contributed by atoms with van der Waals surface area (Å²) in [6.07, 6.45) is 2.32. The molecule has 1 aromatic heterocycles. The van der Waals surface area contributed by atoms with Crippen molar-refractivity contribution in [1.82, 2.24) is 4.57 Å². The number of fused-ring (bicyclic) bond motifs is 3. The molecule has 32 heavy (non-hydrogen) atoms. The maximum Gasteiger partial charge on any atom is 0.264 e. The van der Waals surface area contributed by atoms with E-state index < -0.39 is 22.3 Å². The van der Waals surface area contributed by atoms with Crippen molar-refractivity contribution >= 4 is 21.7 Å². The number of ether oxygens (including phenoxy) is 3. The monoisotopic (exact) mass is 477 g/mol. The Morgan fingerprint density at radius 1 is 1.06 bits per heavy atom. The second-order valence-electron chi connectivity index (χ2n) is 7.41. The van der Waals surface area contributed by atoms with Gasteiger partial charge in [0.15, 0.2) is 11.5 Å². The molecule has 1 aliphatic heterocycles. The van der Waals surface area contributed by atoms with Crippen LogP contribution in [0, 0.1) is 0 Å². The first-order valence-electron chi connectivity index (χ1n) is 10.00. The van der Waals surface area contributed by atoms with Crippen LogP contribution < -0.4 is 9.47 Å². The van der Waals surface area contributed by atoms with Crippen LogP contribution in [0.1, 0.15) is 35.4 Å². The van der Waals surface area contributed by atoms with Crippen molar-refractivity contribution in [2.45, 2.75) is 18.6 Å². The quantitative estimate of drug-likeness (QED) is 0.460. The zero-order valence-electron chi connectivity index (χ0n) is 17.9. The third-order valence-corrected chi connectivity index (χ3v) is 6.17. The van der Waals surface area contributed by atoms with Crippen LogP contribution in [-0.2, 0) is 19.0 Å². The van der Waals surface area contributed by atoms with Gasteiger partial charge in [-0.1, -0.05) is 23.7 Å². The van der Waals surface area contributed by atoms with E-state index in [1.54, 1.807) is 14.2 Å². The van der Waals surface area contributed by atoms with E-state index in [4.69, 9.17) is 30.0 Å². The average Bonchev–Trinajstić information content (AvgIpc) is 3.20. The molecule has 0 N–H and O–H groups in total. The number of hydrogen-bond donors (Lipinski definition) is 0. The number of halogens is 1. The molecule has 0 fully saturated rings. The molecule has 0 bridgehead atoms. The van der Waals surface area contributed by atoms with Gasteiger partial charge in [-0.2, -0.15) is 8.42 Å². The first-order chi connectivity index (χ1) is 15.3. The van der Waals surface area contributed by atoms with Crippen LogP contribution in [0.2, 0.25) is 5.02 Å². The fraction of sp³-hybridized carbons (Fsp3) is 0.304. The van der Waals surface area contributed by atoms with Crippen LogP contribution >= 0.6 is 11.6 Å². The lowest BCUT2D eigenvalue weighted by atomic mass is 9.98. The van der Waals surface area contributed by atoms with E-state index in [0.717, 1.165) is 28.8 Å². The standard InChI is InChI=1S/C23H24ClNO6S/c1-28-21-8-4-6-16(23(21)29-2)22-17-14-15(24)9-10-18(17)25-12-5-7-19(25)20(31-22)11-13-30-32(3,26)27/h4-10,12,14,20,22H,11,13H2,1-3H3. The van der Waals surface area contributed by atoms with E-state index in [1.165, 1.54) is 0 Å². The van der Waals surface area contributed by atoms with Gasteiger partial charge in [-0.05, 0) is 36.4 Å². The van der Waals surface area contributed by atoms with Crippen molar-refractivity contribution in [3.63, 3.8) is 0 Å². The highest BCUT2D eigenvalue weighted by Crippen LogP contribution is 2.46. The van der Waals surface area contributed by atoms with Crippen molar-refractivity contribution in [2.24, 2.45) is 0 Å².